The number of benzene rings is 2. The number of rotatable bonds is 4. The van der Waals surface area contributed by atoms with Gasteiger partial charge in [-0.3, -0.25) is 9.20 Å². The third kappa shape index (κ3) is 3.93. The fourth-order valence-electron chi connectivity index (χ4n) is 5.57. The van der Waals surface area contributed by atoms with Gasteiger partial charge in [0, 0.05) is 36.5 Å². The van der Waals surface area contributed by atoms with Crippen LogP contribution in [0.25, 0.3) is 16.6 Å². The van der Waals surface area contributed by atoms with Gasteiger partial charge < -0.3 is 9.64 Å². The first-order valence-electron chi connectivity index (χ1n) is 12.4. The Morgan fingerprint density at radius 2 is 1.94 bits per heavy atom. The highest BCUT2D eigenvalue weighted by molar-refractivity contribution is 7.99. The first-order valence-corrected chi connectivity index (χ1v) is 13.2. The predicted octanol–water partition coefficient (Wildman–Crippen LogP) is 5.29. The number of aromatic nitrogens is 3. The van der Waals surface area contributed by atoms with Gasteiger partial charge in [0.1, 0.15) is 0 Å². The van der Waals surface area contributed by atoms with Crippen molar-refractivity contribution in [2.45, 2.75) is 53.9 Å². The summed E-state index contributed by atoms with van der Waals surface area (Å²) in [6.45, 7) is 3.64. The molecule has 36 heavy (non-hydrogen) atoms. The number of amides is 1. The third-order valence-electron chi connectivity index (χ3n) is 7.50. The number of likely N-dealkylation sites (tertiary alicyclic amines) is 1. The Hall–Kier alpha value is -3.41. The number of fused-ring (bicyclic) bond motifs is 3. The van der Waals surface area contributed by atoms with E-state index in [9.17, 15) is 10.1 Å². The highest BCUT2D eigenvalue weighted by Crippen LogP contribution is 2.38. The van der Waals surface area contributed by atoms with Crippen LogP contribution < -0.4 is 0 Å². The van der Waals surface area contributed by atoms with E-state index in [1.807, 2.05) is 17.0 Å². The van der Waals surface area contributed by atoms with Gasteiger partial charge in [-0.1, -0.05) is 23.9 Å². The molecule has 0 N–H and O–H groups in total. The second-order valence-corrected chi connectivity index (χ2v) is 10.8. The zero-order chi connectivity index (χ0) is 24.7. The minimum atomic E-state index is -0.470. The fourth-order valence-corrected chi connectivity index (χ4v) is 6.49. The van der Waals surface area contributed by atoms with Crippen LogP contribution in [0.15, 0.2) is 64.4 Å². The standard InChI is InChI=1S/C28H27N5O2S/c1-19(34)32-13-3-6-25(32)27-31-30-26-10-7-20-16-23(8-9-24(20)33(26)27)36-22-5-2-4-21(17-22)28(18-29)11-14-35-15-12-28/h2,4-5,7-10,16-17,25H,3,6,11-15H2,1H3/t25-/m0/s1. The van der Waals surface area contributed by atoms with Crippen molar-refractivity contribution in [2.24, 2.45) is 0 Å². The molecule has 7 nitrogen and oxygen atoms in total. The van der Waals surface area contributed by atoms with E-state index in [4.69, 9.17) is 4.74 Å². The van der Waals surface area contributed by atoms with Crippen LogP contribution in [0, 0.1) is 11.3 Å². The molecule has 2 aromatic heterocycles. The number of pyridine rings is 1. The number of hydrogen-bond donors (Lipinski definition) is 0. The van der Waals surface area contributed by atoms with Crippen LogP contribution >= 0.6 is 11.8 Å². The average molecular weight is 498 g/mol. The molecule has 0 saturated carbocycles. The molecule has 8 heteroatoms. The summed E-state index contributed by atoms with van der Waals surface area (Å²) in [5.74, 6) is 0.906. The van der Waals surface area contributed by atoms with Crippen molar-refractivity contribution >= 4 is 34.2 Å². The molecule has 2 saturated heterocycles. The molecule has 0 bridgehead atoms. The zero-order valence-electron chi connectivity index (χ0n) is 20.2. The van der Waals surface area contributed by atoms with Gasteiger partial charge in [0.15, 0.2) is 11.5 Å². The number of carbonyl (C=O) groups excluding carboxylic acids is 1. The normalized spacial score (nSPS) is 19.6. The Kier molecular flexibility index (Phi) is 5.90. The van der Waals surface area contributed by atoms with Crippen molar-refractivity contribution in [1.82, 2.24) is 19.5 Å². The minimum Gasteiger partial charge on any atom is -0.381 e. The van der Waals surface area contributed by atoms with Crippen molar-refractivity contribution in [3.05, 3.63) is 66.0 Å². The first-order chi connectivity index (χ1) is 17.6. The summed E-state index contributed by atoms with van der Waals surface area (Å²) in [6.07, 6.45) is 3.33. The summed E-state index contributed by atoms with van der Waals surface area (Å²) in [7, 11) is 0. The highest BCUT2D eigenvalue weighted by atomic mass is 32.2. The van der Waals surface area contributed by atoms with E-state index < -0.39 is 5.41 Å². The number of hydrogen-bond acceptors (Lipinski definition) is 6. The topological polar surface area (TPSA) is 83.5 Å². The van der Waals surface area contributed by atoms with Crippen molar-refractivity contribution in [3.8, 4) is 6.07 Å². The van der Waals surface area contributed by atoms with Gasteiger partial charge in [-0.05, 0) is 79.1 Å². The van der Waals surface area contributed by atoms with Crippen molar-refractivity contribution in [2.75, 3.05) is 19.8 Å². The first kappa shape index (κ1) is 23.0. The number of ether oxygens (including phenoxy) is 1. The Morgan fingerprint density at radius 1 is 1.11 bits per heavy atom. The molecular weight excluding hydrogens is 470 g/mol. The molecule has 6 rings (SSSR count). The Bertz CT molecular complexity index is 1500. The van der Waals surface area contributed by atoms with Crippen molar-refractivity contribution < 1.29 is 9.53 Å². The van der Waals surface area contributed by atoms with E-state index in [2.05, 4.69) is 63.1 Å². The van der Waals surface area contributed by atoms with Gasteiger partial charge in [-0.25, -0.2) is 0 Å². The van der Waals surface area contributed by atoms with E-state index in [-0.39, 0.29) is 11.9 Å². The molecule has 0 unspecified atom stereocenters. The maximum atomic E-state index is 12.2. The molecule has 2 aromatic carbocycles. The minimum absolute atomic E-state index is 0.0440. The van der Waals surface area contributed by atoms with Crippen molar-refractivity contribution in [3.63, 3.8) is 0 Å². The number of nitriles is 1. The molecule has 0 radical (unpaired) electrons. The van der Waals surface area contributed by atoms with Gasteiger partial charge in [0.05, 0.1) is 23.0 Å². The van der Waals surface area contributed by atoms with Gasteiger partial charge >= 0.3 is 0 Å². The van der Waals surface area contributed by atoms with Gasteiger partial charge in [-0.15, -0.1) is 10.2 Å². The summed E-state index contributed by atoms with van der Waals surface area (Å²) in [4.78, 5) is 16.3. The molecule has 4 heterocycles. The molecule has 1 amide bonds. The molecule has 1 atom stereocenters. The Labute approximate surface area is 214 Å². The van der Waals surface area contributed by atoms with Gasteiger partial charge in [0.25, 0.3) is 0 Å². The molecule has 0 spiro atoms. The maximum absolute atomic E-state index is 12.2. The molecule has 0 aliphatic carbocycles. The fraction of sp³-hybridized carbons (Fsp3) is 0.357. The van der Waals surface area contributed by atoms with Crippen molar-refractivity contribution in [1.29, 1.82) is 5.26 Å². The van der Waals surface area contributed by atoms with Crippen LogP contribution in [0.2, 0.25) is 0 Å². The van der Waals surface area contributed by atoms with E-state index in [0.717, 1.165) is 70.0 Å². The van der Waals surface area contributed by atoms with E-state index >= 15 is 0 Å². The van der Waals surface area contributed by atoms with E-state index in [1.165, 1.54) is 0 Å². The molecule has 2 aliphatic rings. The Balaban J connectivity index is 1.34. The zero-order valence-corrected chi connectivity index (χ0v) is 21.0. The average Bonchev–Trinajstić information content (AvgIpc) is 3.56. The SMILES string of the molecule is CC(=O)N1CCC[C@H]1c1nnc2ccc3cc(Sc4cccc(C5(C#N)CCOCC5)c4)ccc3n12. The summed E-state index contributed by atoms with van der Waals surface area (Å²) in [5, 5.41) is 20.0. The lowest BCUT2D eigenvalue weighted by Gasteiger charge is -2.31. The van der Waals surface area contributed by atoms with Crippen LogP contribution in [-0.4, -0.2) is 45.2 Å². The molecule has 4 aromatic rings. The molecular formula is C28H27N5O2S. The van der Waals surface area contributed by atoms with Gasteiger partial charge in [0.2, 0.25) is 5.91 Å². The lowest BCUT2D eigenvalue weighted by Crippen LogP contribution is -2.32. The van der Waals surface area contributed by atoms with Crippen LogP contribution in [0.3, 0.4) is 0 Å². The quantitative estimate of drug-likeness (QED) is 0.381. The monoisotopic (exact) mass is 497 g/mol. The lowest BCUT2D eigenvalue weighted by atomic mass is 9.75. The van der Waals surface area contributed by atoms with Crippen LogP contribution in [0.4, 0.5) is 0 Å². The predicted molar refractivity (Wildman–Crippen MR) is 138 cm³/mol. The van der Waals surface area contributed by atoms with Crippen LogP contribution in [0.1, 0.15) is 50.0 Å². The van der Waals surface area contributed by atoms with Crippen LogP contribution in [0.5, 0.6) is 0 Å². The lowest BCUT2D eigenvalue weighted by molar-refractivity contribution is -0.129. The highest BCUT2D eigenvalue weighted by Gasteiger charge is 2.35. The second kappa shape index (κ2) is 9.23. The smallest absolute Gasteiger partial charge is 0.220 e. The number of carbonyl (C=O) groups is 1. The Morgan fingerprint density at radius 3 is 2.75 bits per heavy atom. The van der Waals surface area contributed by atoms with Crippen LogP contribution in [-0.2, 0) is 14.9 Å². The van der Waals surface area contributed by atoms with Gasteiger partial charge in [-0.2, -0.15) is 5.26 Å². The summed E-state index contributed by atoms with van der Waals surface area (Å²) in [6, 6.07) is 21.4. The summed E-state index contributed by atoms with van der Waals surface area (Å²) >= 11 is 1.70. The second-order valence-electron chi connectivity index (χ2n) is 9.61. The summed E-state index contributed by atoms with van der Waals surface area (Å²) in [5.41, 5.74) is 2.43. The maximum Gasteiger partial charge on any atom is 0.220 e. The molecule has 182 valence electrons. The van der Waals surface area contributed by atoms with E-state index in [0.29, 0.717) is 13.2 Å². The molecule has 2 fully saturated rings. The van der Waals surface area contributed by atoms with E-state index in [1.54, 1.807) is 18.7 Å². The third-order valence-corrected chi connectivity index (χ3v) is 8.48. The molecule has 2 aliphatic heterocycles. The number of nitrogens with zero attached hydrogens (tertiary/aromatic N) is 5. The summed E-state index contributed by atoms with van der Waals surface area (Å²) < 4.78 is 7.61. The largest absolute Gasteiger partial charge is 0.381 e.